The van der Waals surface area contributed by atoms with E-state index in [1.807, 2.05) is 42.5 Å². The van der Waals surface area contributed by atoms with Gasteiger partial charge in [0, 0.05) is 29.9 Å². The summed E-state index contributed by atoms with van der Waals surface area (Å²) in [4.78, 5) is 21.7. The van der Waals surface area contributed by atoms with Crippen molar-refractivity contribution >= 4 is 16.8 Å². The molecule has 2 heterocycles. The molecule has 0 bridgehead atoms. The highest BCUT2D eigenvalue weighted by Gasteiger charge is 2.17. The first-order chi connectivity index (χ1) is 12.8. The fourth-order valence-electron chi connectivity index (χ4n) is 3.82. The molecule has 0 saturated heterocycles. The predicted molar refractivity (Wildman–Crippen MR) is 104 cm³/mol. The van der Waals surface area contributed by atoms with Crippen molar-refractivity contribution in [2.75, 3.05) is 6.54 Å². The van der Waals surface area contributed by atoms with E-state index in [1.165, 1.54) is 25.7 Å². The number of aromatic nitrogens is 2. The van der Waals surface area contributed by atoms with Crippen LogP contribution in [0.4, 0.5) is 0 Å². The highest BCUT2D eigenvalue weighted by molar-refractivity contribution is 6.07. The third kappa shape index (κ3) is 3.59. The van der Waals surface area contributed by atoms with Crippen LogP contribution >= 0.6 is 0 Å². The van der Waals surface area contributed by atoms with Gasteiger partial charge in [-0.25, -0.2) is 4.98 Å². The van der Waals surface area contributed by atoms with Gasteiger partial charge in [-0.15, -0.1) is 0 Å². The van der Waals surface area contributed by atoms with Crippen LogP contribution in [-0.2, 0) is 0 Å². The monoisotopic (exact) mass is 345 g/mol. The van der Waals surface area contributed by atoms with Crippen molar-refractivity contribution in [2.45, 2.75) is 32.1 Å². The number of hydrogen-bond donors (Lipinski definition) is 1. The molecule has 1 fully saturated rings. The van der Waals surface area contributed by atoms with E-state index in [1.54, 1.807) is 12.4 Å². The van der Waals surface area contributed by atoms with E-state index in [0.29, 0.717) is 5.56 Å². The van der Waals surface area contributed by atoms with Crippen LogP contribution in [-0.4, -0.2) is 22.4 Å². The minimum atomic E-state index is -0.0168. The minimum Gasteiger partial charge on any atom is -0.352 e. The lowest BCUT2D eigenvalue weighted by Crippen LogP contribution is -2.26. The Morgan fingerprint density at radius 1 is 1.08 bits per heavy atom. The second-order valence-corrected chi connectivity index (χ2v) is 7.00. The molecule has 2 aromatic heterocycles. The van der Waals surface area contributed by atoms with E-state index in [4.69, 9.17) is 4.98 Å². The molecule has 0 atom stereocenters. The Kier molecular flexibility index (Phi) is 4.91. The van der Waals surface area contributed by atoms with Gasteiger partial charge in [0.25, 0.3) is 5.91 Å². The Hall–Kier alpha value is -2.75. The highest BCUT2D eigenvalue weighted by atomic mass is 16.1. The summed E-state index contributed by atoms with van der Waals surface area (Å²) in [6, 6.07) is 13.5. The lowest BCUT2D eigenvalue weighted by Gasteiger charge is -2.12. The van der Waals surface area contributed by atoms with Gasteiger partial charge in [0.05, 0.1) is 16.8 Å². The van der Waals surface area contributed by atoms with E-state index in [2.05, 4.69) is 10.3 Å². The van der Waals surface area contributed by atoms with E-state index in [-0.39, 0.29) is 5.91 Å². The molecule has 26 heavy (non-hydrogen) atoms. The molecule has 4 rings (SSSR count). The molecule has 1 aromatic carbocycles. The molecular weight excluding hydrogens is 322 g/mol. The van der Waals surface area contributed by atoms with Gasteiger partial charge in [0.2, 0.25) is 0 Å². The zero-order valence-electron chi connectivity index (χ0n) is 14.8. The molecule has 0 spiro atoms. The second-order valence-electron chi connectivity index (χ2n) is 7.00. The van der Waals surface area contributed by atoms with Crippen LogP contribution in [0.3, 0.4) is 0 Å². The Morgan fingerprint density at radius 2 is 1.85 bits per heavy atom. The number of amides is 1. The van der Waals surface area contributed by atoms with Crippen LogP contribution in [0.15, 0.2) is 54.9 Å². The lowest BCUT2D eigenvalue weighted by molar-refractivity contribution is 0.0953. The molecule has 0 aliphatic heterocycles. The van der Waals surface area contributed by atoms with E-state index in [9.17, 15) is 4.79 Å². The van der Waals surface area contributed by atoms with Crippen molar-refractivity contribution in [1.82, 2.24) is 15.3 Å². The van der Waals surface area contributed by atoms with Gasteiger partial charge in [-0.2, -0.15) is 0 Å². The summed E-state index contributed by atoms with van der Waals surface area (Å²) in [7, 11) is 0. The third-order valence-electron chi connectivity index (χ3n) is 5.25. The molecule has 1 amide bonds. The third-order valence-corrected chi connectivity index (χ3v) is 5.25. The number of nitrogens with one attached hydrogen (secondary N) is 1. The highest BCUT2D eigenvalue weighted by Crippen LogP contribution is 2.27. The topological polar surface area (TPSA) is 54.9 Å². The molecule has 1 N–H and O–H groups in total. The first kappa shape index (κ1) is 16.7. The van der Waals surface area contributed by atoms with Gasteiger partial charge in [0.15, 0.2) is 0 Å². The normalized spacial score (nSPS) is 14.6. The molecule has 1 aliphatic carbocycles. The SMILES string of the molecule is O=C(NCCC1CCCC1)c1cc(-c2ccncc2)nc2ccccc12. The largest absolute Gasteiger partial charge is 0.352 e. The average Bonchev–Trinajstić information content (AvgIpc) is 3.21. The minimum absolute atomic E-state index is 0.0168. The number of pyridine rings is 2. The molecule has 3 aromatic rings. The van der Waals surface area contributed by atoms with Crippen molar-refractivity contribution in [2.24, 2.45) is 5.92 Å². The van der Waals surface area contributed by atoms with Crippen LogP contribution in [0.25, 0.3) is 22.2 Å². The van der Waals surface area contributed by atoms with Crippen molar-refractivity contribution in [3.8, 4) is 11.3 Å². The number of hydrogen-bond acceptors (Lipinski definition) is 3. The van der Waals surface area contributed by atoms with E-state index in [0.717, 1.165) is 41.0 Å². The molecular formula is C22H23N3O. The standard InChI is InChI=1S/C22H23N3O/c26-22(24-14-9-16-5-1-2-6-16)19-15-21(17-10-12-23-13-11-17)25-20-8-4-3-7-18(19)20/h3-4,7-8,10-13,15-16H,1-2,5-6,9,14H2,(H,24,26). The fraction of sp³-hybridized carbons (Fsp3) is 0.318. The van der Waals surface area contributed by atoms with E-state index >= 15 is 0 Å². The Morgan fingerprint density at radius 3 is 2.65 bits per heavy atom. The number of fused-ring (bicyclic) bond motifs is 1. The van der Waals surface area contributed by atoms with Crippen LogP contribution in [0, 0.1) is 5.92 Å². The van der Waals surface area contributed by atoms with Crippen LogP contribution < -0.4 is 5.32 Å². The van der Waals surface area contributed by atoms with Gasteiger partial charge >= 0.3 is 0 Å². The molecule has 1 aliphatic rings. The van der Waals surface area contributed by atoms with Crippen molar-refractivity contribution < 1.29 is 4.79 Å². The van der Waals surface area contributed by atoms with Gasteiger partial charge in [-0.1, -0.05) is 43.9 Å². The summed E-state index contributed by atoms with van der Waals surface area (Å²) >= 11 is 0. The summed E-state index contributed by atoms with van der Waals surface area (Å²) in [5.41, 5.74) is 3.29. The smallest absolute Gasteiger partial charge is 0.252 e. The zero-order valence-corrected chi connectivity index (χ0v) is 14.8. The first-order valence-electron chi connectivity index (χ1n) is 9.39. The molecule has 1 saturated carbocycles. The van der Waals surface area contributed by atoms with Crippen LogP contribution in [0.2, 0.25) is 0 Å². The lowest BCUT2D eigenvalue weighted by atomic mass is 10.0. The van der Waals surface area contributed by atoms with Crippen LogP contribution in [0.1, 0.15) is 42.5 Å². The maximum atomic E-state index is 12.9. The second kappa shape index (κ2) is 7.65. The molecule has 132 valence electrons. The number of rotatable bonds is 5. The van der Waals surface area contributed by atoms with Gasteiger partial charge in [-0.05, 0) is 36.6 Å². The average molecular weight is 345 g/mol. The predicted octanol–water partition coefficient (Wildman–Crippen LogP) is 4.61. The maximum Gasteiger partial charge on any atom is 0.252 e. The summed E-state index contributed by atoms with van der Waals surface area (Å²) < 4.78 is 0. The Labute approximate surface area is 153 Å². The molecule has 4 nitrogen and oxygen atoms in total. The zero-order chi connectivity index (χ0) is 17.8. The summed E-state index contributed by atoms with van der Waals surface area (Å²) in [5, 5.41) is 4.01. The number of nitrogens with zero attached hydrogens (tertiary/aromatic N) is 2. The van der Waals surface area contributed by atoms with Crippen molar-refractivity contribution in [3.63, 3.8) is 0 Å². The van der Waals surface area contributed by atoms with Crippen molar-refractivity contribution in [3.05, 3.63) is 60.4 Å². The molecule has 0 radical (unpaired) electrons. The van der Waals surface area contributed by atoms with Gasteiger partial charge in [-0.3, -0.25) is 9.78 Å². The number of carbonyl (C=O) groups excluding carboxylic acids is 1. The summed E-state index contributed by atoms with van der Waals surface area (Å²) in [6.07, 6.45) is 9.85. The number of para-hydroxylation sites is 1. The van der Waals surface area contributed by atoms with Crippen molar-refractivity contribution in [1.29, 1.82) is 0 Å². The molecule has 4 heteroatoms. The Balaban J connectivity index is 1.61. The summed E-state index contributed by atoms with van der Waals surface area (Å²) in [5.74, 6) is 0.758. The fourth-order valence-corrected chi connectivity index (χ4v) is 3.82. The summed E-state index contributed by atoms with van der Waals surface area (Å²) in [6.45, 7) is 0.741. The maximum absolute atomic E-state index is 12.9. The molecule has 0 unspecified atom stereocenters. The first-order valence-corrected chi connectivity index (χ1v) is 9.39. The van der Waals surface area contributed by atoms with E-state index < -0.39 is 0 Å². The quantitative estimate of drug-likeness (QED) is 0.735. The number of benzene rings is 1. The van der Waals surface area contributed by atoms with Gasteiger partial charge in [0.1, 0.15) is 0 Å². The number of carbonyl (C=O) groups is 1. The van der Waals surface area contributed by atoms with Crippen LogP contribution in [0.5, 0.6) is 0 Å². The Bertz CT molecular complexity index is 902. The van der Waals surface area contributed by atoms with Gasteiger partial charge < -0.3 is 5.32 Å².